The van der Waals surface area contributed by atoms with Crippen LogP contribution >= 0.6 is 0 Å². The van der Waals surface area contributed by atoms with Gasteiger partial charge in [0, 0.05) is 19.0 Å². The summed E-state index contributed by atoms with van der Waals surface area (Å²) in [6.45, 7) is 2.12. The zero-order chi connectivity index (χ0) is 16.7. The quantitative estimate of drug-likeness (QED) is 0.629. The van der Waals surface area contributed by atoms with E-state index >= 15 is 0 Å². The first-order chi connectivity index (χ1) is 11.0. The SMILES string of the molecule is Cc1ccc(NC(=O)CCNC(=O)NC2CCCCC2)c(O)c1. The van der Waals surface area contributed by atoms with Gasteiger partial charge in [-0.05, 0) is 37.5 Å². The van der Waals surface area contributed by atoms with Crippen molar-refractivity contribution in [2.45, 2.75) is 51.5 Å². The molecule has 0 unspecified atom stereocenters. The second-order valence-corrected chi connectivity index (χ2v) is 6.05. The summed E-state index contributed by atoms with van der Waals surface area (Å²) in [5.41, 5.74) is 1.30. The molecule has 0 aliphatic heterocycles. The predicted molar refractivity (Wildman–Crippen MR) is 89.5 cm³/mol. The van der Waals surface area contributed by atoms with Crippen LogP contribution in [0.4, 0.5) is 10.5 Å². The van der Waals surface area contributed by atoms with E-state index in [2.05, 4.69) is 16.0 Å². The van der Waals surface area contributed by atoms with Crippen molar-refractivity contribution in [3.63, 3.8) is 0 Å². The van der Waals surface area contributed by atoms with E-state index in [4.69, 9.17) is 0 Å². The van der Waals surface area contributed by atoms with Gasteiger partial charge >= 0.3 is 6.03 Å². The molecule has 0 radical (unpaired) electrons. The zero-order valence-corrected chi connectivity index (χ0v) is 13.5. The number of anilines is 1. The maximum atomic E-state index is 11.8. The molecule has 23 heavy (non-hydrogen) atoms. The molecule has 4 N–H and O–H groups in total. The molecule has 1 aliphatic carbocycles. The molecule has 1 aliphatic rings. The summed E-state index contributed by atoms with van der Waals surface area (Å²) in [7, 11) is 0. The molecule has 2 rings (SSSR count). The third kappa shape index (κ3) is 5.81. The van der Waals surface area contributed by atoms with Crippen LogP contribution in [0, 0.1) is 6.92 Å². The minimum atomic E-state index is -0.248. The normalized spacial score (nSPS) is 15.0. The Bertz CT molecular complexity index is 554. The highest BCUT2D eigenvalue weighted by Crippen LogP contribution is 2.23. The number of urea groups is 1. The molecule has 1 aromatic rings. The molecule has 0 heterocycles. The number of hydrogen-bond donors (Lipinski definition) is 4. The fourth-order valence-corrected chi connectivity index (χ4v) is 2.73. The fraction of sp³-hybridized carbons (Fsp3) is 0.529. The van der Waals surface area contributed by atoms with Crippen LogP contribution < -0.4 is 16.0 Å². The van der Waals surface area contributed by atoms with E-state index in [0.29, 0.717) is 5.69 Å². The Morgan fingerprint density at radius 1 is 1.22 bits per heavy atom. The third-order valence-corrected chi connectivity index (χ3v) is 4.01. The van der Waals surface area contributed by atoms with Crippen molar-refractivity contribution in [3.05, 3.63) is 23.8 Å². The van der Waals surface area contributed by atoms with Crippen LogP contribution in [0.3, 0.4) is 0 Å². The van der Waals surface area contributed by atoms with Gasteiger partial charge in [0.05, 0.1) is 5.69 Å². The number of phenolic OH excluding ortho intramolecular Hbond substituents is 1. The number of phenols is 1. The molecule has 126 valence electrons. The summed E-state index contributed by atoms with van der Waals surface area (Å²) in [5.74, 6) is -0.205. The van der Waals surface area contributed by atoms with Crippen LogP contribution in [0.25, 0.3) is 0 Å². The number of carbonyl (C=O) groups excluding carboxylic acids is 2. The van der Waals surface area contributed by atoms with Crippen molar-refractivity contribution in [2.24, 2.45) is 0 Å². The highest BCUT2D eigenvalue weighted by Gasteiger charge is 2.15. The van der Waals surface area contributed by atoms with Gasteiger partial charge in [-0.2, -0.15) is 0 Å². The summed E-state index contributed by atoms with van der Waals surface area (Å²) in [6, 6.07) is 5.09. The summed E-state index contributed by atoms with van der Waals surface area (Å²) < 4.78 is 0. The molecule has 0 spiro atoms. The van der Waals surface area contributed by atoms with E-state index in [1.54, 1.807) is 12.1 Å². The van der Waals surface area contributed by atoms with E-state index < -0.39 is 0 Å². The van der Waals surface area contributed by atoms with Gasteiger partial charge < -0.3 is 21.1 Å². The van der Waals surface area contributed by atoms with Crippen molar-refractivity contribution in [1.29, 1.82) is 0 Å². The topological polar surface area (TPSA) is 90.5 Å². The highest BCUT2D eigenvalue weighted by molar-refractivity contribution is 5.92. The lowest BCUT2D eigenvalue weighted by molar-refractivity contribution is -0.116. The van der Waals surface area contributed by atoms with Crippen LogP contribution in [0.2, 0.25) is 0 Å². The van der Waals surface area contributed by atoms with Gasteiger partial charge in [-0.3, -0.25) is 4.79 Å². The van der Waals surface area contributed by atoms with Crippen molar-refractivity contribution in [3.8, 4) is 5.75 Å². The number of amides is 3. The first kappa shape index (κ1) is 17.1. The van der Waals surface area contributed by atoms with Crippen LogP contribution in [0.5, 0.6) is 5.75 Å². The second kappa shape index (κ2) is 8.41. The Morgan fingerprint density at radius 2 is 1.96 bits per heavy atom. The monoisotopic (exact) mass is 319 g/mol. The number of rotatable bonds is 5. The summed E-state index contributed by atoms with van der Waals surface area (Å²) in [6.07, 6.45) is 5.78. The minimum absolute atomic E-state index is 0.0429. The summed E-state index contributed by atoms with van der Waals surface area (Å²) in [4.78, 5) is 23.6. The number of aromatic hydroxyl groups is 1. The highest BCUT2D eigenvalue weighted by atomic mass is 16.3. The molecule has 1 fully saturated rings. The Labute approximate surface area is 136 Å². The largest absolute Gasteiger partial charge is 0.506 e. The van der Waals surface area contributed by atoms with Crippen LogP contribution in [0.15, 0.2) is 18.2 Å². The second-order valence-electron chi connectivity index (χ2n) is 6.05. The average molecular weight is 319 g/mol. The minimum Gasteiger partial charge on any atom is -0.506 e. The predicted octanol–water partition coefficient (Wildman–Crippen LogP) is 2.66. The van der Waals surface area contributed by atoms with Gasteiger partial charge in [-0.15, -0.1) is 0 Å². The van der Waals surface area contributed by atoms with Crippen molar-refractivity contribution in [2.75, 3.05) is 11.9 Å². The van der Waals surface area contributed by atoms with Crippen LogP contribution in [-0.4, -0.2) is 29.6 Å². The lowest BCUT2D eigenvalue weighted by Crippen LogP contribution is -2.43. The number of benzene rings is 1. The Kier molecular flexibility index (Phi) is 6.26. The number of nitrogens with one attached hydrogen (secondary N) is 3. The molecule has 0 atom stereocenters. The van der Waals surface area contributed by atoms with E-state index in [9.17, 15) is 14.7 Å². The Balaban J connectivity index is 1.66. The number of aryl methyl sites for hydroxylation is 1. The lowest BCUT2D eigenvalue weighted by Gasteiger charge is -2.22. The van der Waals surface area contributed by atoms with Gasteiger partial charge in [0.25, 0.3) is 0 Å². The standard InChI is InChI=1S/C17H25N3O3/c1-12-7-8-14(15(21)11-12)20-16(22)9-10-18-17(23)19-13-5-3-2-4-6-13/h7-8,11,13,21H,2-6,9-10H2,1H3,(H,20,22)(H2,18,19,23). The van der Waals surface area contributed by atoms with E-state index in [-0.39, 0.29) is 36.7 Å². The van der Waals surface area contributed by atoms with Gasteiger partial charge in [0.15, 0.2) is 0 Å². The molecule has 6 heteroatoms. The molecular formula is C17H25N3O3. The first-order valence-corrected chi connectivity index (χ1v) is 8.18. The van der Waals surface area contributed by atoms with Gasteiger partial charge in [-0.25, -0.2) is 4.79 Å². The fourth-order valence-electron chi connectivity index (χ4n) is 2.73. The maximum absolute atomic E-state index is 11.8. The zero-order valence-electron chi connectivity index (χ0n) is 13.5. The number of hydrogen-bond acceptors (Lipinski definition) is 3. The van der Waals surface area contributed by atoms with Crippen molar-refractivity contribution in [1.82, 2.24) is 10.6 Å². The number of carbonyl (C=O) groups is 2. The van der Waals surface area contributed by atoms with Gasteiger partial charge in [0.1, 0.15) is 5.75 Å². The van der Waals surface area contributed by atoms with E-state index in [0.717, 1.165) is 31.2 Å². The molecule has 0 saturated heterocycles. The maximum Gasteiger partial charge on any atom is 0.315 e. The smallest absolute Gasteiger partial charge is 0.315 e. The molecular weight excluding hydrogens is 294 g/mol. The van der Waals surface area contributed by atoms with Gasteiger partial charge in [0.2, 0.25) is 5.91 Å². The molecule has 0 bridgehead atoms. The molecule has 1 saturated carbocycles. The Hall–Kier alpha value is -2.24. The Morgan fingerprint density at radius 3 is 2.65 bits per heavy atom. The molecule has 0 aromatic heterocycles. The van der Waals surface area contributed by atoms with E-state index in [1.165, 1.54) is 6.42 Å². The molecule has 1 aromatic carbocycles. The summed E-state index contributed by atoms with van der Waals surface area (Å²) >= 11 is 0. The summed E-state index contributed by atoms with van der Waals surface area (Å²) in [5, 5.41) is 18.0. The van der Waals surface area contributed by atoms with Crippen LogP contribution in [0.1, 0.15) is 44.1 Å². The van der Waals surface area contributed by atoms with Crippen LogP contribution in [-0.2, 0) is 4.79 Å². The first-order valence-electron chi connectivity index (χ1n) is 8.18. The molecule has 3 amide bonds. The van der Waals surface area contributed by atoms with Crippen molar-refractivity contribution >= 4 is 17.6 Å². The molecule has 6 nitrogen and oxygen atoms in total. The third-order valence-electron chi connectivity index (χ3n) is 4.01. The van der Waals surface area contributed by atoms with Gasteiger partial charge in [-0.1, -0.05) is 25.3 Å². The van der Waals surface area contributed by atoms with Crippen molar-refractivity contribution < 1.29 is 14.7 Å². The van der Waals surface area contributed by atoms with E-state index in [1.807, 2.05) is 13.0 Å². The average Bonchev–Trinajstić information content (AvgIpc) is 2.51. The lowest BCUT2D eigenvalue weighted by atomic mass is 9.96.